The number of rotatable bonds is 2. The number of anilines is 3. The van der Waals surface area contributed by atoms with Crippen molar-refractivity contribution in [2.24, 2.45) is 0 Å². The van der Waals surface area contributed by atoms with E-state index in [0.717, 1.165) is 0 Å². The first-order chi connectivity index (χ1) is 8.04. The van der Waals surface area contributed by atoms with Crippen LogP contribution in [0.4, 0.5) is 25.8 Å². The Morgan fingerprint density at radius 3 is 2.53 bits per heavy atom. The van der Waals surface area contributed by atoms with Gasteiger partial charge in [0.25, 0.3) is 0 Å². The van der Waals surface area contributed by atoms with Crippen molar-refractivity contribution in [1.29, 1.82) is 0 Å². The third-order valence-electron chi connectivity index (χ3n) is 2.13. The van der Waals surface area contributed by atoms with Crippen LogP contribution in [0.5, 0.6) is 0 Å². The Kier molecular flexibility index (Phi) is 3.15. The maximum absolute atomic E-state index is 13.4. The third-order valence-corrected chi connectivity index (χ3v) is 2.36. The van der Waals surface area contributed by atoms with Crippen LogP contribution in [0.15, 0.2) is 36.4 Å². The van der Waals surface area contributed by atoms with Crippen LogP contribution < -0.4 is 11.1 Å². The van der Waals surface area contributed by atoms with E-state index < -0.39 is 11.6 Å². The van der Waals surface area contributed by atoms with Gasteiger partial charge in [-0.2, -0.15) is 0 Å². The fraction of sp³-hybridized carbons (Fsp3) is 0. The van der Waals surface area contributed by atoms with Gasteiger partial charge in [0.2, 0.25) is 0 Å². The molecule has 2 aromatic carbocycles. The Labute approximate surface area is 102 Å². The maximum atomic E-state index is 13.4. The van der Waals surface area contributed by atoms with Crippen molar-refractivity contribution in [3.05, 3.63) is 53.1 Å². The molecule has 0 spiro atoms. The molecule has 17 heavy (non-hydrogen) atoms. The summed E-state index contributed by atoms with van der Waals surface area (Å²) in [4.78, 5) is 0. The normalized spacial score (nSPS) is 10.3. The summed E-state index contributed by atoms with van der Waals surface area (Å²) >= 11 is 5.74. The van der Waals surface area contributed by atoms with Crippen molar-refractivity contribution < 1.29 is 8.78 Å². The molecular formula is C12H9ClF2N2. The molecule has 0 saturated heterocycles. The average molecular weight is 255 g/mol. The molecule has 88 valence electrons. The molecule has 0 aromatic heterocycles. The SMILES string of the molecule is Nc1cc(F)cc(Nc2cc(Cl)ccc2F)c1. The fourth-order valence-corrected chi connectivity index (χ4v) is 1.61. The highest BCUT2D eigenvalue weighted by molar-refractivity contribution is 6.30. The second-order valence-corrected chi connectivity index (χ2v) is 3.96. The van der Waals surface area contributed by atoms with Crippen molar-refractivity contribution in [3.63, 3.8) is 0 Å². The highest BCUT2D eigenvalue weighted by Crippen LogP contribution is 2.25. The molecule has 3 N–H and O–H groups in total. The van der Waals surface area contributed by atoms with Gasteiger partial charge in [-0.15, -0.1) is 0 Å². The van der Waals surface area contributed by atoms with E-state index in [1.165, 1.54) is 36.4 Å². The Balaban J connectivity index is 2.34. The van der Waals surface area contributed by atoms with E-state index in [0.29, 0.717) is 10.7 Å². The number of halogens is 3. The van der Waals surface area contributed by atoms with Crippen LogP contribution >= 0.6 is 11.6 Å². The minimum absolute atomic E-state index is 0.169. The fourth-order valence-electron chi connectivity index (χ4n) is 1.43. The van der Waals surface area contributed by atoms with Crippen LogP contribution in [0.25, 0.3) is 0 Å². The summed E-state index contributed by atoms with van der Waals surface area (Å²) < 4.78 is 26.5. The molecule has 0 saturated carbocycles. The quantitative estimate of drug-likeness (QED) is 0.797. The van der Waals surface area contributed by atoms with Crippen molar-refractivity contribution >= 4 is 28.7 Å². The molecule has 0 aliphatic carbocycles. The topological polar surface area (TPSA) is 38.0 Å². The predicted molar refractivity (Wildman–Crippen MR) is 65.5 cm³/mol. The van der Waals surface area contributed by atoms with E-state index in [9.17, 15) is 8.78 Å². The minimum atomic E-state index is -0.491. The smallest absolute Gasteiger partial charge is 0.146 e. The van der Waals surface area contributed by atoms with Crippen LogP contribution in [-0.4, -0.2) is 0 Å². The largest absolute Gasteiger partial charge is 0.399 e. The van der Waals surface area contributed by atoms with Crippen molar-refractivity contribution in [2.45, 2.75) is 0 Å². The number of nitrogens with two attached hydrogens (primary N) is 1. The lowest BCUT2D eigenvalue weighted by atomic mass is 10.2. The second-order valence-electron chi connectivity index (χ2n) is 3.52. The lowest BCUT2D eigenvalue weighted by Gasteiger charge is -2.08. The zero-order valence-electron chi connectivity index (χ0n) is 8.68. The summed E-state index contributed by atoms with van der Waals surface area (Å²) in [6, 6.07) is 7.98. The number of hydrogen-bond donors (Lipinski definition) is 2. The summed E-state index contributed by atoms with van der Waals surface area (Å²) in [5.74, 6) is -0.966. The van der Waals surface area contributed by atoms with Gasteiger partial charge in [-0.25, -0.2) is 8.78 Å². The van der Waals surface area contributed by atoms with Gasteiger partial charge in [0.05, 0.1) is 5.69 Å². The minimum Gasteiger partial charge on any atom is -0.399 e. The van der Waals surface area contributed by atoms with Crippen molar-refractivity contribution in [2.75, 3.05) is 11.1 Å². The van der Waals surface area contributed by atoms with Crippen molar-refractivity contribution in [1.82, 2.24) is 0 Å². The third kappa shape index (κ3) is 2.85. The molecule has 0 aliphatic heterocycles. The van der Waals surface area contributed by atoms with Gasteiger partial charge in [-0.3, -0.25) is 0 Å². The zero-order valence-corrected chi connectivity index (χ0v) is 9.43. The lowest BCUT2D eigenvalue weighted by molar-refractivity contribution is 0.627. The highest BCUT2D eigenvalue weighted by Gasteiger charge is 2.05. The second kappa shape index (κ2) is 4.59. The first-order valence-corrected chi connectivity index (χ1v) is 5.20. The average Bonchev–Trinajstić information content (AvgIpc) is 2.22. The van der Waals surface area contributed by atoms with Crippen LogP contribution in [0.1, 0.15) is 0 Å². The first kappa shape index (κ1) is 11.7. The number of nitrogen functional groups attached to an aromatic ring is 1. The first-order valence-electron chi connectivity index (χ1n) is 4.83. The lowest BCUT2D eigenvalue weighted by Crippen LogP contribution is -1.96. The van der Waals surface area contributed by atoms with E-state index in [2.05, 4.69) is 5.32 Å². The summed E-state index contributed by atoms with van der Waals surface area (Å²) in [5.41, 5.74) is 6.27. The predicted octanol–water partition coefficient (Wildman–Crippen LogP) is 3.94. The highest BCUT2D eigenvalue weighted by atomic mass is 35.5. The molecule has 5 heteroatoms. The molecule has 0 atom stereocenters. The summed E-state index contributed by atoms with van der Waals surface area (Å²) in [6.07, 6.45) is 0. The standard InChI is InChI=1S/C12H9ClF2N2/c13-7-1-2-11(15)12(3-7)17-10-5-8(14)4-9(16)6-10/h1-6,17H,16H2. The van der Waals surface area contributed by atoms with Gasteiger partial charge in [-0.1, -0.05) is 11.6 Å². The van der Waals surface area contributed by atoms with Crippen LogP contribution in [0.2, 0.25) is 5.02 Å². The molecule has 2 nitrogen and oxygen atoms in total. The van der Waals surface area contributed by atoms with Crippen LogP contribution in [-0.2, 0) is 0 Å². The summed E-state index contributed by atoms with van der Waals surface area (Å²) in [6.45, 7) is 0. The van der Waals surface area contributed by atoms with E-state index in [1.807, 2.05) is 0 Å². The Bertz CT molecular complexity index is 538. The molecule has 0 unspecified atom stereocenters. The van der Waals surface area contributed by atoms with E-state index in [4.69, 9.17) is 17.3 Å². The Morgan fingerprint density at radius 2 is 1.82 bits per heavy atom. The molecule has 2 aromatic rings. The zero-order chi connectivity index (χ0) is 12.4. The molecule has 0 fully saturated rings. The van der Waals surface area contributed by atoms with Gasteiger partial charge >= 0.3 is 0 Å². The van der Waals surface area contributed by atoms with Gasteiger partial charge in [-0.05, 0) is 36.4 Å². The van der Waals surface area contributed by atoms with E-state index in [1.54, 1.807) is 0 Å². The van der Waals surface area contributed by atoms with E-state index in [-0.39, 0.29) is 11.4 Å². The molecule has 2 rings (SSSR count). The van der Waals surface area contributed by atoms with Gasteiger partial charge in [0, 0.05) is 16.4 Å². The van der Waals surface area contributed by atoms with Gasteiger partial charge < -0.3 is 11.1 Å². The number of benzene rings is 2. The monoisotopic (exact) mass is 254 g/mol. The van der Waals surface area contributed by atoms with Gasteiger partial charge in [0.15, 0.2) is 0 Å². The van der Waals surface area contributed by atoms with E-state index >= 15 is 0 Å². The number of hydrogen-bond acceptors (Lipinski definition) is 2. The molecule has 0 amide bonds. The summed E-state index contributed by atoms with van der Waals surface area (Å²) in [5, 5.41) is 3.10. The molecule has 0 aliphatic rings. The Morgan fingerprint density at radius 1 is 1.06 bits per heavy atom. The molecule has 0 bridgehead atoms. The molecular weight excluding hydrogens is 246 g/mol. The molecule has 0 radical (unpaired) electrons. The Hall–Kier alpha value is -1.81. The van der Waals surface area contributed by atoms with Crippen LogP contribution in [0, 0.1) is 11.6 Å². The summed E-state index contributed by atoms with van der Waals surface area (Å²) in [7, 11) is 0. The van der Waals surface area contributed by atoms with Gasteiger partial charge in [0.1, 0.15) is 11.6 Å². The number of nitrogens with one attached hydrogen (secondary N) is 1. The molecule has 0 heterocycles. The van der Waals surface area contributed by atoms with Crippen LogP contribution in [0.3, 0.4) is 0 Å². The maximum Gasteiger partial charge on any atom is 0.146 e. The van der Waals surface area contributed by atoms with Crippen molar-refractivity contribution in [3.8, 4) is 0 Å².